The number of phenolic OH excluding ortho intramolecular Hbond substituents is 1. The van der Waals surface area contributed by atoms with Crippen LogP contribution < -0.4 is 10.6 Å². The minimum absolute atomic E-state index is 0.00811. The normalized spacial score (nSPS) is 24.2. The fraction of sp³-hybridized carbons (Fsp3) is 0.500. The maximum absolute atomic E-state index is 13.3. The Hall–Kier alpha value is -2.90. The molecule has 2 saturated heterocycles. The molecule has 0 bridgehead atoms. The summed E-state index contributed by atoms with van der Waals surface area (Å²) in [6, 6.07) is 13.3. The summed E-state index contributed by atoms with van der Waals surface area (Å²) < 4.78 is 5.65. The predicted octanol–water partition coefficient (Wildman–Crippen LogP) is 3.25. The van der Waals surface area contributed by atoms with E-state index in [1.54, 1.807) is 12.1 Å². The first-order valence-corrected chi connectivity index (χ1v) is 12.9. The van der Waals surface area contributed by atoms with Crippen molar-refractivity contribution < 1.29 is 19.4 Å². The SMILES string of the molecule is O=C(NC[C@@H]1CCCO1)[C@H]1C[C@@H](C(=O)Nc2ccc3c(c2)CCC3)CN(Cc2ccc(O)cc2)C1. The lowest BCUT2D eigenvalue weighted by molar-refractivity contribution is -0.130. The summed E-state index contributed by atoms with van der Waals surface area (Å²) in [6.45, 7) is 3.10. The van der Waals surface area contributed by atoms with E-state index < -0.39 is 0 Å². The summed E-state index contributed by atoms with van der Waals surface area (Å²) in [5.74, 6) is -0.363. The molecule has 35 heavy (non-hydrogen) atoms. The lowest BCUT2D eigenvalue weighted by atomic mass is 9.87. The number of aromatic hydroxyl groups is 1. The number of rotatable bonds is 7. The van der Waals surface area contributed by atoms with Gasteiger partial charge in [0, 0.05) is 38.5 Å². The number of piperidine rings is 1. The number of aryl methyl sites for hydroxylation is 2. The van der Waals surface area contributed by atoms with Crippen LogP contribution in [0.4, 0.5) is 5.69 Å². The Labute approximate surface area is 206 Å². The average molecular weight is 478 g/mol. The molecule has 0 radical (unpaired) electrons. The highest BCUT2D eigenvalue weighted by Gasteiger charge is 2.35. The Morgan fingerprint density at radius 1 is 0.971 bits per heavy atom. The smallest absolute Gasteiger partial charge is 0.228 e. The number of fused-ring (bicyclic) bond motifs is 1. The highest BCUT2D eigenvalue weighted by molar-refractivity contribution is 5.93. The van der Waals surface area contributed by atoms with Crippen molar-refractivity contribution in [1.29, 1.82) is 0 Å². The molecule has 3 aliphatic rings. The van der Waals surface area contributed by atoms with Gasteiger partial charge in [0.25, 0.3) is 0 Å². The molecular weight excluding hydrogens is 442 g/mol. The molecule has 5 rings (SSSR count). The minimum Gasteiger partial charge on any atom is -0.508 e. The molecule has 2 fully saturated rings. The van der Waals surface area contributed by atoms with Crippen LogP contribution in [0.25, 0.3) is 0 Å². The number of benzene rings is 2. The number of hydrogen-bond acceptors (Lipinski definition) is 5. The van der Waals surface area contributed by atoms with Crippen molar-refractivity contribution in [2.45, 2.75) is 51.2 Å². The maximum Gasteiger partial charge on any atom is 0.228 e. The number of amides is 2. The maximum atomic E-state index is 13.3. The highest BCUT2D eigenvalue weighted by atomic mass is 16.5. The van der Waals surface area contributed by atoms with Gasteiger partial charge in [-0.1, -0.05) is 18.2 Å². The van der Waals surface area contributed by atoms with Crippen molar-refractivity contribution >= 4 is 17.5 Å². The first-order valence-electron chi connectivity index (χ1n) is 12.9. The minimum atomic E-state index is -0.285. The Morgan fingerprint density at radius 3 is 2.51 bits per heavy atom. The first kappa shape index (κ1) is 23.8. The third kappa shape index (κ3) is 6.03. The average Bonchev–Trinajstić information content (AvgIpc) is 3.55. The zero-order valence-corrected chi connectivity index (χ0v) is 20.2. The predicted molar refractivity (Wildman–Crippen MR) is 134 cm³/mol. The van der Waals surface area contributed by atoms with E-state index in [1.807, 2.05) is 18.2 Å². The zero-order valence-electron chi connectivity index (χ0n) is 20.2. The van der Waals surface area contributed by atoms with E-state index in [2.05, 4.69) is 27.7 Å². The third-order valence-electron chi connectivity index (χ3n) is 7.50. The van der Waals surface area contributed by atoms with Gasteiger partial charge < -0.3 is 20.5 Å². The van der Waals surface area contributed by atoms with Gasteiger partial charge >= 0.3 is 0 Å². The molecule has 7 nitrogen and oxygen atoms in total. The number of ether oxygens (including phenoxy) is 1. The van der Waals surface area contributed by atoms with Gasteiger partial charge in [0.1, 0.15) is 5.75 Å². The van der Waals surface area contributed by atoms with Crippen LogP contribution in [0.15, 0.2) is 42.5 Å². The molecule has 2 heterocycles. The third-order valence-corrected chi connectivity index (χ3v) is 7.50. The van der Waals surface area contributed by atoms with Gasteiger partial charge in [-0.2, -0.15) is 0 Å². The number of likely N-dealkylation sites (tertiary alicyclic amines) is 1. The van der Waals surface area contributed by atoms with Crippen LogP contribution in [-0.4, -0.2) is 54.2 Å². The molecule has 3 N–H and O–H groups in total. The van der Waals surface area contributed by atoms with E-state index in [1.165, 1.54) is 17.5 Å². The molecule has 0 spiro atoms. The molecule has 3 atom stereocenters. The lowest BCUT2D eigenvalue weighted by Gasteiger charge is -2.36. The zero-order chi connectivity index (χ0) is 24.2. The van der Waals surface area contributed by atoms with Gasteiger partial charge in [0.05, 0.1) is 17.9 Å². The summed E-state index contributed by atoms with van der Waals surface area (Å²) in [5, 5.41) is 15.8. The second-order valence-electron chi connectivity index (χ2n) is 10.2. The van der Waals surface area contributed by atoms with Gasteiger partial charge in [0.15, 0.2) is 0 Å². The Morgan fingerprint density at radius 2 is 1.74 bits per heavy atom. The van der Waals surface area contributed by atoms with Crippen LogP contribution in [0.1, 0.15) is 42.4 Å². The van der Waals surface area contributed by atoms with E-state index in [-0.39, 0.29) is 35.5 Å². The molecule has 0 saturated carbocycles. The molecule has 1 aliphatic carbocycles. The van der Waals surface area contributed by atoms with Crippen LogP contribution >= 0.6 is 0 Å². The summed E-state index contributed by atoms with van der Waals surface area (Å²) in [7, 11) is 0. The molecule has 0 unspecified atom stereocenters. The quantitative estimate of drug-likeness (QED) is 0.570. The monoisotopic (exact) mass is 477 g/mol. The van der Waals surface area contributed by atoms with Gasteiger partial charge in [-0.3, -0.25) is 14.5 Å². The molecule has 0 aromatic heterocycles. The van der Waals surface area contributed by atoms with Crippen LogP contribution in [0.5, 0.6) is 5.75 Å². The van der Waals surface area contributed by atoms with E-state index >= 15 is 0 Å². The number of anilines is 1. The number of nitrogens with one attached hydrogen (secondary N) is 2. The fourth-order valence-electron chi connectivity index (χ4n) is 5.62. The van der Waals surface area contributed by atoms with Gasteiger partial charge in [-0.05, 0) is 79.5 Å². The molecule has 2 amide bonds. The van der Waals surface area contributed by atoms with Crippen LogP contribution in [0.3, 0.4) is 0 Å². The summed E-state index contributed by atoms with van der Waals surface area (Å²) in [4.78, 5) is 28.6. The van der Waals surface area contributed by atoms with Crippen LogP contribution in [-0.2, 0) is 33.7 Å². The van der Waals surface area contributed by atoms with Crippen LogP contribution in [0, 0.1) is 11.8 Å². The highest BCUT2D eigenvalue weighted by Crippen LogP contribution is 2.28. The number of nitrogens with zero attached hydrogens (tertiary/aromatic N) is 1. The van der Waals surface area contributed by atoms with Crippen molar-refractivity contribution in [2.75, 3.05) is 31.6 Å². The van der Waals surface area contributed by atoms with Crippen LogP contribution in [0.2, 0.25) is 0 Å². The molecule has 186 valence electrons. The van der Waals surface area contributed by atoms with Crippen molar-refractivity contribution in [2.24, 2.45) is 11.8 Å². The van der Waals surface area contributed by atoms with Gasteiger partial charge in [-0.25, -0.2) is 0 Å². The van der Waals surface area contributed by atoms with E-state index in [0.29, 0.717) is 32.6 Å². The molecular formula is C28H35N3O4. The second-order valence-corrected chi connectivity index (χ2v) is 10.2. The summed E-state index contributed by atoms with van der Waals surface area (Å²) in [5.41, 5.74) is 4.59. The largest absolute Gasteiger partial charge is 0.508 e. The molecule has 2 aromatic carbocycles. The summed E-state index contributed by atoms with van der Waals surface area (Å²) >= 11 is 0. The van der Waals surface area contributed by atoms with Gasteiger partial charge in [-0.15, -0.1) is 0 Å². The standard InChI is InChI=1S/C28H35N3O4/c32-25-10-6-19(7-11-25)16-31-17-22(27(33)29-15-26-5-2-12-35-26)13-23(18-31)28(34)30-24-9-8-20-3-1-4-21(20)14-24/h6-11,14,22-23,26,32H,1-5,12-13,15-18H2,(H,29,33)(H,30,34)/t22-,23+,26-/m0/s1. The topological polar surface area (TPSA) is 90.9 Å². The lowest BCUT2D eigenvalue weighted by Crippen LogP contribution is -2.49. The fourth-order valence-corrected chi connectivity index (χ4v) is 5.62. The van der Waals surface area contributed by atoms with Crippen molar-refractivity contribution in [3.05, 3.63) is 59.2 Å². The number of carbonyl (C=O) groups excluding carboxylic acids is 2. The van der Waals surface area contributed by atoms with Crippen molar-refractivity contribution in [3.63, 3.8) is 0 Å². The summed E-state index contributed by atoms with van der Waals surface area (Å²) in [6.07, 6.45) is 5.98. The first-order chi connectivity index (χ1) is 17.0. The number of hydrogen-bond donors (Lipinski definition) is 3. The van der Waals surface area contributed by atoms with Crippen molar-refractivity contribution in [1.82, 2.24) is 10.2 Å². The Bertz CT molecular complexity index is 1050. The second kappa shape index (κ2) is 10.8. The Balaban J connectivity index is 1.26. The van der Waals surface area contributed by atoms with Crippen molar-refractivity contribution in [3.8, 4) is 5.75 Å². The van der Waals surface area contributed by atoms with E-state index in [4.69, 9.17) is 4.74 Å². The molecule has 2 aromatic rings. The van der Waals surface area contributed by atoms with Gasteiger partial charge in [0.2, 0.25) is 11.8 Å². The van der Waals surface area contributed by atoms with E-state index in [0.717, 1.165) is 43.5 Å². The van der Waals surface area contributed by atoms with E-state index in [9.17, 15) is 14.7 Å². The number of carbonyl (C=O) groups is 2. The molecule has 7 heteroatoms. The molecule has 2 aliphatic heterocycles. The Kier molecular flexibility index (Phi) is 7.35. The number of phenols is 1.